The summed E-state index contributed by atoms with van der Waals surface area (Å²) in [5.41, 5.74) is 0.613. The summed E-state index contributed by atoms with van der Waals surface area (Å²) in [6.07, 6.45) is 2.10. The molecule has 1 N–H and O–H groups in total. The van der Waals surface area contributed by atoms with Crippen molar-refractivity contribution in [3.63, 3.8) is 0 Å². The van der Waals surface area contributed by atoms with Crippen LogP contribution in [-0.2, 0) is 9.31 Å². The number of halogens is 1. The van der Waals surface area contributed by atoms with Gasteiger partial charge in [-0.05, 0) is 58.1 Å². The van der Waals surface area contributed by atoms with Crippen LogP contribution in [-0.4, -0.2) is 42.3 Å². The number of rotatable bonds is 2. The molecule has 130 valence electrons. The number of carbonyl (C=O) groups is 1. The van der Waals surface area contributed by atoms with Crippen LogP contribution in [0.2, 0.25) is 5.02 Å². The molecular weight excluding hydrogens is 326 g/mol. The van der Waals surface area contributed by atoms with Gasteiger partial charge in [-0.2, -0.15) is 0 Å². The van der Waals surface area contributed by atoms with Crippen molar-refractivity contribution in [1.29, 1.82) is 0 Å². The molecule has 2 fully saturated rings. The third-order valence-electron chi connectivity index (χ3n) is 5.15. The lowest BCUT2D eigenvalue weighted by Crippen LogP contribution is -2.41. The Labute approximate surface area is 148 Å². The van der Waals surface area contributed by atoms with Gasteiger partial charge in [0.2, 0.25) is 0 Å². The maximum atomic E-state index is 12.3. The highest BCUT2D eigenvalue weighted by Crippen LogP contribution is 2.36. The first-order valence-corrected chi connectivity index (χ1v) is 8.78. The normalized spacial score (nSPS) is 22.0. The van der Waals surface area contributed by atoms with Crippen LogP contribution in [0.3, 0.4) is 0 Å². The quantitative estimate of drug-likeness (QED) is 0.833. The van der Waals surface area contributed by atoms with Crippen molar-refractivity contribution in [3.05, 3.63) is 23.2 Å². The Hall–Kier alpha value is -1.24. The minimum atomic E-state index is -0.477. The molecule has 24 heavy (non-hydrogen) atoms. The highest BCUT2D eigenvalue weighted by atomic mass is 35.5. The molecule has 0 saturated carbocycles. The summed E-state index contributed by atoms with van der Waals surface area (Å²) >= 11 is 6.25. The third kappa shape index (κ3) is 3.28. The number of hydrogen-bond acceptors (Lipinski definition) is 3. The number of likely N-dealkylation sites (tertiary alicyclic amines) is 1. The second kappa shape index (κ2) is 6.25. The van der Waals surface area contributed by atoms with Crippen molar-refractivity contribution in [1.82, 2.24) is 4.90 Å². The van der Waals surface area contributed by atoms with Gasteiger partial charge in [0, 0.05) is 13.1 Å². The SMILES string of the molecule is CC1(C)OB(c2ccc(Cl)c(NC(=O)N3CCCC3)c2)OC1(C)C. The number of anilines is 1. The number of benzene rings is 1. The van der Waals surface area contributed by atoms with Crippen LogP contribution in [0.1, 0.15) is 40.5 Å². The minimum Gasteiger partial charge on any atom is -0.399 e. The second-order valence-electron chi connectivity index (χ2n) is 7.45. The Balaban J connectivity index is 1.78. The smallest absolute Gasteiger partial charge is 0.399 e. The van der Waals surface area contributed by atoms with Crippen LogP contribution in [0.4, 0.5) is 10.5 Å². The van der Waals surface area contributed by atoms with Crippen molar-refractivity contribution >= 4 is 35.9 Å². The number of hydrogen-bond donors (Lipinski definition) is 1. The van der Waals surface area contributed by atoms with Crippen molar-refractivity contribution in [2.75, 3.05) is 18.4 Å². The van der Waals surface area contributed by atoms with Gasteiger partial charge in [0.25, 0.3) is 0 Å². The zero-order valence-corrected chi connectivity index (χ0v) is 15.4. The van der Waals surface area contributed by atoms with E-state index in [0.29, 0.717) is 10.7 Å². The van der Waals surface area contributed by atoms with Gasteiger partial charge in [0.05, 0.1) is 21.9 Å². The number of nitrogens with one attached hydrogen (secondary N) is 1. The molecule has 0 aliphatic carbocycles. The van der Waals surface area contributed by atoms with Gasteiger partial charge in [0.1, 0.15) is 0 Å². The van der Waals surface area contributed by atoms with Crippen molar-refractivity contribution < 1.29 is 14.1 Å². The van der Waals surface area contributed by atoms with Gasteiger partial charge in [-0.15, -0.1) is 0 Å². The first-order chi connectivity index (χ1) is 11.2. The Bertz CT molecular complexity index is 629. The highest BCUT2D eigenvalue weighted by Gasteiger charge is 2.51. The average Bonchev–Trinajstić information content (AvgIpc) is 3.08. The molecule has 0 unspecified atom stereocenters. The lowest BCUT2D eigenvalue weighted by atomic mass is 9.79. The van der Waals surface area contributed by atoms with E-state index in [-0.39, 0.29) is 6.03 Å². The molecule has 2 amide bonds. The van der Waals surface area contributed by atoms with Gasteiger partial charge in [-0.25, -0.2) is 4.79 Å². The van der Waals surface area contributed by atoms with Crippen LogP contribution in [0, 0.1) is 0 Å². The van der Waals surface area contributed by atoms with E-state index in [4.69, 9.17) is 20.9 Å². The lowest BCUT2D eigenvalue weighted by molar-refractivity contribution is 0.00578. The van der Waals surface area contributed by atoms with Crippen LogP contribution < -0.4 is 10.8 Å². The lowest BCUT2D eigenvalue weighted by Gasteiger charge is -2.32. The summed E-state index contributed by atoms with van der Waals surface area (Å²) in [7, 11) is -0.477. The van der Waals surface area contributed by atoms with Gasteiger partial charge in [-0.1, -0.05) is 17.7 Å². The molecule has 7 heteroatoms. The summed E-state index contributed by atoms with van der Waals surface area (Å²) in [5.74, 6) is 0. The van der Waals surface area contributed by atoms with Crippen LogP contribution >= 0.6 is 11.6 Å². The number of carbonyl (C=O) groups excluding carboxylic acids is 1. The summed E-state index contributed by atoms with van der Waals surface area (Å²) in [6.45, 7) is 9.64. The molecule has 5 nitrogen and oxygen atoms in total. The molecular formula is C17H24BClN2O3. The standard InChI is InChI=1S/C17H24BClN2O3/c1-16(2)17(3,4)24-18(23-16)12-7-8-13(19)14(11-12)20-15(22)21-9-5-6-10-21/h7-8,11H,5-6,9-10H2,1-4H3,(H,20,22). The fourth-order valence-corrected chi connectivity index (χ4v) is 3.04. The Morgan fingerprint density at radius 2 is 1.75 bits per heavy atom. The summed E-state index contributed by atoms with van der Waals surface area (Å²) < 4.78 is 12.1. The fourth-order valence-electron chi connectivity index (χ4n) is 2.88. The largest absolute Gasteiger partial charge is 0.494 e. The maximum Gasteiger partial charge on any atom is 0.494 e. The van der Waals surface area contributed by atoms with Gasteiger partial charge in [0.15, 0.2) is 0 Å². The molecule has 0 aromatic heterocycles. The average molecular weight is 351 g/mol. The van der Waals surface area contributed by atoms with E-state index < -0.39 is 18.3 Å². The first kappa shape index (κ1) is 17.6. The number of urea groups is 1. The van der Waals surface area contributed by atoms with Crippen LogP contribution in [0.15, 0.2) is 18.2 Å². The van der Waals surface area contributed by atoms with Gasteiger partial charge < -0.3 is 19.5 Å². The number of nitrogens with zero attached hydrogens (tertiary/aromatic N) is 1. The Morgan fingerprint density at radius 1 is 1.17 bits per heavy atom. The fraction of sp³-hybridized carbons (Fsp3) is 0.588. The second-order valence-corrected chi connectivity index (χ2v) is 7.86. The topological polar surface area (TPSA) is 50.8 Å². The van der Waals surface area contributed by atoms with E-state index in [1.54, 1.807) is 11.0 Å². The molecule has 1 aromatic carbocycles. The van der Waals surface area contributed by atoms with Crippen LogP contribution in [0.25, 0.3) is 0 Å². The predicted octanol–water partition coefficient (Wildman–Crippen LogP) is 3.27. The van der Waals surface area contributed by atoms with E-state index in [1.807, 2.05) is 39.8 Å². The zero-order valence-electron chi connectivity index (χ0n) is 14.7. The summed E-state index contributed by atoms with van der Waals surface area (Å²) in [6, 6.07) is 5.36. The van der Waals surface area contributed by atoms with Gasteiger partial charge in [-0.3, -0.25) is 0 Å². The van der Waals surface area contributed by atoms with E-state index in [2.05, 4.69) is 5.32 Å². The maximum absolute atomic E-state index is 12.3. The van der Waals surface area contributed by atoms with Crippen molar-refractivity contribution in [3.8, 4) is 0 Å². The van der Waals surface area contributed by atoms with Crippen molar-refractivity contribution in [2.24, 2.45) is 0 Å². The molecule has 1 aromatic rings. The molecule has 0 radical (unpaired) electrons. The Morgan fingerprint density at radius 3 is 2.33 bits per heavy atom. The van der Waals surface area contributed by atoms with E-state index in [9.17, 15) is 4.79 Å². The monoisotopic (exact) mass is 350 g/mol. The first-order valence-electron chi connectivity index (χ1n) is 8.41. The third-order valence-corrected chi connectivity index (χ3v) is 5.48. The molecule has 2 heterocycles. The van der Waals surface area contributed by atoms with E-state index in [0.717, 1.165) is 31.4 Å². The molecule has 3 rings (SSSR count). The molecule has 2 aliphatic heterocycles. The minimum absolute atomic E-state index is 0.111. The molecule has 2 saturated heterocycles. The molecule has 0 atom stereocenters. The molecule has 0 bridgehead atoms. The molecule has 2 aliphatic rings. The van der Waals surface area contributed by atoms with Gasteiger partial charge >= 0.3 is 13.1 Å². The summed E-state index contributed by atoms with van der Waals surface area (Å²) in [5, 5.41) is 3.40. The summed E-state index contributed by atoms with van der Waals surface area (Å²) in [4.78, 5) is 14.1. The van der Waals surface area contributed by atoms with Crippen molar-refractivity contribution in [2.45, 2.75) is 51.7 Å². The Kier molecular flexibility index (Phi) is 4.58. The van der Waals surface area contributed by atoms with E-state index >= 15 is 0 Å². The van der Waals surface area contributed by atoms with E-state index in [1.165, 1.54) is 0 Å². The highest BCUT2D eigenvalue weighted by molar-refractivity contribution is 6.62. The number of amides is 2. The molecule has 0 spiro atoms. The van der Waals surface area contributed by atoms with Crippen LogP contribution in [0.5, 0.6) is 0 Å². The predicted molar refractivity (Wildman–Crippen MR) is 97.0 cm³/mol. The zero-order chi connectivity index (χ0) is 17.5.